The van der Waals surface area contributed by atoms with E-state index >= 15 is 0 Å². The number of carbonyl (C=O) groups is 4. The maximum absolute atomic E-state index is 12.5. The molecule has 0 unspecified atom stereocenters. The average molecular weight is 534 g/mol. The fourth-order valence-electron chi connectivity index (χ4n) is 3.27. The van der Waals surface area contributed by atoms with E-state index < -0.39 is 48.4 Å². The summed E-state index contributed by atoms with van der Waals surface area (Å²) in [6.45, 7) is 5.83. The highest BCUT2D eigenvalue weighted by Crippen LogP contribution is 2.23. The van der Waals surface area contributed by atoms with Crippen LogP contribution in [0.15, 0.2) is 48.5 Å². The van der Waals surface area contributed by atoms with Crippen LogP contribution in [0.1, 0.15) is 46.1 Å². The van der Waals surface area contributed by atoms with Crippen LogP contribution in [0.4, 0.5) is 0 Å². The fourth-order valence-corrected chi connectivity index (χ4v) is 3.46. The number of nitrogens with one attached hydrogen (secondary N) is 1. The summed E-state index contributed by atoms with van der Waals surface area (Å²) in [5.41, 5.74) is 1.75. The number of aliphatic hydroxyl groups is 1. The Kier molecular flexibility index (Phi) is 11.1. The van der Waals surface area contributed by atoms with Crippen molar-refractivity contribution in [3.8, 4) is 11.1 Å². The lowest BCUT2D eigenvalue weighted by atomic mass is 9.98. The summed E-state index contributed by atoms with van der Waals surface area (Å²) in [5.74, 6) is -3.69. The van der Waals surface area contributed by atoms with E-state index in [0.717, 1.165) is 16.7 Å². The molecular formula is C27H32ClNO8. The van der Waals surface area contributed by atoms with Gasteiger partial charge in [0.25, 0.3) is 0 Å². The number of hydrogen-bond acceptors (Lipinski definition) is 8. The van der Waals surface area contributed by atoms with E-state index in [1.54, 1.807) is 33.8 Å². The van der Waals surface area contributed by atoms with Crippen LogP contribution in [0.2, 0.25) is 5.02 Å². The van der Waals surface area contributed by atoms with Crippen molar-refractivity contribution in [3.05, 3.63) is 59.1 Å². The Balaban J connectivity index is 2.12. The van der Waals surface area contributed by atoms with Gasteiger partial charge in [-0.2, -0.15) is 0 Å². The molecule has 0 radical (unpaired) electrons. The quantitative estimate of drug-likeness (QED) is 0.269. The van der Waals surface area contributed by atoms with E-state index in [4.69, 9.17) is 21.1 Å². The molecule has 2 rings (SSSR count). The van der Waals surface area contributed by atoms with E-state index in [2.05, 4.69) is 10.1 Å². The maximum atomic E-state index is 12.5. The molecule has 0 aliphatic carbocycles. The Morgan fingerprint density at radius 3 is 2.27 bits per heavy atom. The first-order chi connectivity index (χ1) is 17.4. The minimum absolute atomic E-state index is 0.106. The van der Waals surface area contributed by atoms with Crippen LogP contribution < -0.4 is 5.32 Å². The van der Waals surface area contributed by atoms with Crippen molar-refractivity contribution in [1.82, 2.24) is 5.32 Å². The van der Waals surface area contributed by atoms with Gasteiger partial charge >= 0.3 is 23.8 Å². The van der Waals surface area contributed by atoms with E-state index in [-0.39, 0.29) is 19.3 Å². The summed E-state index contributed by atoms with van der Waals surface area (Å²) >= 11 is 6.07. The molecule has 0 saturated carbocycles. The first-order valence-corrected chi connectivity index (χ1v) is 12.1. The second-order valence-corrected chi connectivity index (χ2v) is 9.72. The van der Waals surface area contributed by atoms with E-state index in [9.17, 15) is 24.3 Å². The lowest BCUT2D eigenvalue weighted by Gasteiger charge is -2.23. The third-order valence-electron chi connectivity index (χ3n) is 5.00. The van der Waals surface area contributed by atoms with Crippen molar-refractivity contribution >= 4 is 35.4 Å². The summed E-state index contributed by atoms with van der Waals surface area (Å²) in [6, 6.07) is 14.0. The predicted octanol–water partition coefficient (Wildman–Crippen LogP) is 3.58. The number of benzene rings is 2. The molecule has 1 amide bonds. The van der Waals surface area contributed by atoms with Crippen LogP contribution >= 0.6 is 11.6 Å². The molecule has 2 N–H and O–H groups in total. The maximum Gasteiger partial charge on any atom is 0.397 e. The first-order valence-electron chi connectivity index (χ1n) is 11.8. The zero-order valence-electron chi connectivity index (χ0n) is 21.3. The molecular weight excluding hydrogens is 502 g/mol. The molecule has 37 heavy (non-hydrogen) atoms. The number of esters is 3. The molecule has 0 fully saturated rings. The highest BCUT2D eigenvalue weighted by Gasteiger charge is 2.28. The fraction of sp³-hybridized carbons (Fsp3) is 0.407. The van der Waals surface area contributed by atoms with Gasteiger partial charge in [0, 0.05) is 23.9 Å². The molecule has 0 aliphatic heterocycles. The van der Waals surface area contributed by atoms with Crippen molar-refractivity contribution < 1.29 is 38.5 Å². The topological polar surface area (TPSA) is 128 Å². The molecule has 0 heterocycles. The molecule has 2 aromatic carbocycles. The van der Waals surface area contributed by atoms with Crippen molar-refractivity contribution in [2.75, 3.05) is 6.79 Å². The van der Waals surface area contributed by atoms with Gasteiger partial charge in [-0.25, -0.2) is 9.59 Å². The van der Waals surface area contributed by atoms with Crippen LogP contribution in [0.5, 0.6) is 0 Å². The molecule has 200 valence electrons. The minimum Gasteiger partial charge on any atom is -0.453 e. The van der Waals surface area contributed by atoms with Crippen LogP contribution in [-0.2, 0) is 39.8 Å². The SMILES string of the molecule is CCC(=O)OCOC(=O)[C@H](O)C[C@@H](Cc1ccc(-c2cccc(Cl)c2)cc1)NC(=O)C(=O)OC(C)(C)C. The summed E-state index contributed by atoms with van der Waals surface area (Å²) in [4.78, 5) is 48.0. The van der Waals surface area contributed by atoms with Gasteiger partial charge in [-0.1, -0.05) is 54.9 Å². The van der Waals surface area contributed by atoms with Gasteiger partial charge in [0.05, 0.1) is 0 Å². The second kappa shape index (κ2) is 13.8. The van der Waals surface area contributed by atoms with Crippen molar-refractivity contribution in [3.63, 3.8) is 0 Å². The Bertz CT molecular complexity index is 1090. The molecule has 10 heteroatoms. The first kappa shape index (κ1) is 29.8. The zero-order valence-corrected chi connectivity index (χ0v) is 22.0. The zero-order chi connectivity index (χ0) is 27.6. The summed E-state index contributed by atoms with van der Waals surface area (Å²) < 4.78 is 14.5. The second-order valence-electron chi connectivity index (χ2n) is 9.29. The Morgan fingerprint density at radius 2 is 1.68 bits per heavy atom. The standard InChI is InChI=1S/C27H32ClNO8/c1-5-23(31)35-16-36-25(33)22(30)15-21(29-24(32)26(34)37-27(2,3)4)13-17-9-11-18(12-10-17)19-7-6-8-20(28)14-19/h6-12,14,21-22,30H,5,13,15-16H2,1-4H3,(H,29,32)/t21-,22-/m1/s1. The number of amides is 1. The lowest BCUT2D eigenvalue weighted by Crippen LogP contribution is -2.45. The monoisotopic (exact) mass is 533 g/mol. The van der Waals surface area contributed by atoms with Crippen LogP contribution in [0, 0.1) is 0 Å². The van der Waals surface area contributed by atoms with E-state index in [1.165, 1.54) is 0 Å². The Morgan fingerprint density at radius 1 is 1.00 bits per heavy atom. The predicted molar refractivity (Wildman–Crippen MR) is 136 cm³/mol. The normalized spacial score (nSPS) is 12.7. The molecule has 9 nitrogen and oxygen atoms in total. The van der Waals surface area contributed by atoms with Gasteiger partial charge in [0.15, 0.2) is 6.10 Å². The minimum atomic E-state index is -1.64. The van der Waals surface area contributed by atoms with Crippen LogP contribution in [-0.4, -0.2) is 53.5 Å². The van der Waals surface area contributed by atoms with Gasteiger partial charge in [-0.15, -0.1) is 0 Å². The van der Waals surface area contributed by atoms with Gasteiger partial charge in [-0.3, -0.25) is 9.59 Å². The lowest BCUT2D eigenvalue weighted by molar-refractivity contribution is -0.173. The smallest absolute Gasteiger partial charge is 0.397 e. The molecule has 2 atom stereocenters. The Hall–Kier alpha value is -3.43. The van der Waals surface area contributed by atoms with Crippen molar-refractivity contribution in [1.29, 1.82) is 0 Å². The van der Waals surface area contributed by atoms with Crippen molar-refractivity contribution in [2.45, 2.75) is 64.7 Å². The summed E-state index contributed by atoms with van der Waals surface area (Å²) in [7, 11) is 0. The highest BCUT2D eigenvalue weighted by molar-refractivity contribution is 6.32. The molecule has 0 bridgehead atoms. The van der Waals surface area contributed by atoms with Gasteiger partial charge in [-0.05, 0) is 56.0 Å². The third-order valence-corrected chi connectivity index (χ3v) is 5.24. The van der Waals surface area contributed by atoms with Gasteiger partial charge in [0.2, 0.25) is 6.79 Å². The largest absolute Gasteiger partial charge is 0.453 e. The van der Waals surface area contributed by atoms with Crippen LogP contribution in [0.3, 0.4) is 0 Å². The Labute approximate surface area is 221 Å². The molecule has 0 aliphatic rings. The van der Waals surface area contributed by atoms with Gasteiger partial charge < -0.3 is 24.6 Å². The molecule has 2 aromatic rings. The molecule has 0 saturated heterocycles. The molecule has 0 spiro atoms. The van der Waals surface area contributed by atoms with Crippen molar-refractivity contribution in [2.24, 2.45) is 0 Å². The number of carbonyl (C=O) groups excluding carboxylic acids is 4. The summed E-state index contributed by atoms with van der Waals surface area (Å²) in [6.07, 6.45) is -1.60. The van der Waals surface area contributed by atoms with Crippen LogP contribution in [0.25, 0.3) is 11.1 Å². The number of aliphatic hydroxyl groups excluding tert-OH is 1. The summed E-state index contributed by atoms with van der Waals surface area (Å²) in [5, 5.41) is 13.5. The van der Waals surface area contributed by atoms with E-state index in [1.807, 2.05) is 42.5 Å². The average Bonchev–Trinajstić information content (AvgIpc) is 2.83. The molecule has 0 aromatic heterocycles. The van der Waals surface area contributed by atoms with E-state index in [0.29, 0.717) is 5.02 Å². The third kappa shape index (κ3) is 10.6. The highest BCUT2D eigenvalue weighted by atomic mass is 35.5. The number of ether oxygens (including phenoxy) is 3. The number of rotatable bonds is 10. The van der Waals surface area contributed by atoms with Gasteiger partial charge in [0.1, 0.15) is 5.60 Å². The number of hydrogen-bond donors (Lipinski definition) is 2. The number of halogens is 1.